The first kappa shape index (κ1) is 24.2. The summed E-state index contributed by atoms with van der Waals surface area (Å²) >= 11 is 0. The minimum absolute atomic E-state index is 0. The number of benzene rings is 1. The number of amides is 2. The second kappa shape index (κ2) is 12.5. The van der Waals surface area contributed by atoms with Crippen molar-refractivity contribution >= 4 is 24.2 Å². The molecular formula is C18H30ClN3O4. The van der Waals surface area contributed by atoms with Gasteiger partial charge in [0.25, 0.3) is 5.91 Å². The van der Waals surface area contributed by atoms with Gasteiger partial charge in [-0.2, -0.15) is 0 Å². The first-order valence-corrected chi connectivity index (χ1v) is 8.36. The van der Waals surface area contributed by atoms with E-state index in [4.69, 9.17) is 15.2 Å². The second-order valence-corrected chi connectivity index (χ2v) is 5.94. The number of methoxy groups -OCH3 is 1. The smallest absolute Gasteiger partial charge is 0.259 e. The summed E-state index contributed by atoms with van der Waals surface area (Å²) in [5.41, 5.74) is 6.40. The summed E-state index contributed by atoms with van der Waals surface area (Å²) in [6, 6.07) is 7.19. The fourth-order valence-corrected chi connectivity index (χ4v) is 2.29. The molecule has 0 aliphatic heterocycles. The van der Waals surface area contributed by atoms with Crippen molar-refractivity contribution in [1.82, 2.24) is 10.2 Å². The molecular weight excluding hydrogens is 358 g/mol. The van der Waals surface area contributed by atoms with Gasteiger partial charge >= 0.3 is 0 Å². The van der Waals surface area contributed by atoms with E-state index in [2.05, 4.69) is 5.32 Å². The first-order valence-electron chi connectivity index (χ1n) is 8.36. The molecule has 148 valence electrons. The van der Waals surface area contributed by atoms with E-state index < -0.39 is 0 Å². The summed E-state index contributed by atoms with van der Waals surface area (Å²) in [7, 11) is 4.89. The van der Waals surface area contributed by atoms with E-state index in [-0.39, 0.29) is 55.9 Å². The molecule has 1 rings (SSSR count). The topological polar surface area (TPSA) is 93.9 Å². The van der Waals surface area contributed by atoms with Crippen LogP contribution >= 0.6 is 12.4 Å². The molecule has 2 amide bonds. The molecule has 8 heteroatoms. The maximum absolute atomic E-state index is 12.2. The van der Waals surface area contributed by atoms with Crippen LogP contribution < -0.4 is 15.8 Å². The number of ether oxygens (including phenoxy) is 2. The lowest BCUT2D eigenvalue weighted by Crippen LogP contribution is -2.34. The van der Waals surface area contributed by atoms with Crippen LogP contribution in [0.25, 0.3) is 0 Å². The zero-order chi connectivity index (χ0) is 18.8. The fourth-order valence-electron chi connectivity index (χ4n) is 2.29. The number of nitrogens with two attached hydrogens (primary N) is 1. The van der Waals surface area contributed by atoms with E-state index in [0.29, 0.717) is 12.2 Å². The highest BCUT2D eigenvalue weighted by molar-refractivity contribution is 5.85. The average molecular weight is 388 g/mol. The Kier molecular flexibility index (Phi) is 11.6. The molecule has 0 fully saturated rings. The fraction of sp³-hybridized carbons (Fsp3) is 0.556. The lowest BCUT2D eigenvalue weighted by Gasteiger charge is -2.22. The van der Waals surface area contributed by atoms with Gasteiger partial charge in [-0.1, -0.05) is 25.1 Å². The van der Waals surface area contributed by atoms with Crippen molar-refractivity contribution < 1.29 is 19.1 Å². The summed E-state index contributed by atoms with van der Waals surface area (Å²) in [6.45, 7) is 2.21. The van der Waals surface area contributed by atoms with E-state index in [1.165, 1.54) is 12.0 Å². The van der Waals surface area contributed by atoms with Gasteiger partial charge in [-0.3, -0.25) is 9.59 Å². The highest BCUT2D eigenvalue weighted by Gasteiger charge is 2.19. The van der Waals surface area contributed by atoms with Crippen LogP contribution in [0.5, 0.6) is 5.75 Å². The molecule has 0 saturated heterocycles. The summed E-state index contributed by atoms with van der Waals surface area (Å²) in [5, 5.41) is 2.98. The normalized spacial score (nSPS) is 12.5. The third-order valence-electron chi connectivity index (χ3n) is 3.90. The van der Waals surface area contributed by atoms with Gasteiger partial charge in [0.05, 0.1) is 18.6 Å². The van der Waals surface area contributed by atoms with E-state index in [9.17, 15) is 9.59 Å². The molecule has 0 heterocycles. The van der Waals surface area contributed by atoms with Crippen molar-refractivity contribution in [2.45, 2.75) is 31.9 Å². The van der Waals surface area contributed by atoms with Crippen molar-refractivity contribution in [2.24, 2.45) is 5.73 Å². The van der Waals surface area contributed by atoms with Crippen LogP contribution in [0.3, 0.4) is 0 Å². The first-order chi connectivity index (χ1) is 11.9. The van der Waals surface area contributed by atoms with Crippen molar-refractivity contribution in [2.75, 3.05) is 34.4 Å². The monoisotopic (exact) mass is 387 g/mol. The number of hydrogen-bond acceptors (Lipinski definition) is 5. The maximum atomic E-state index is 12.2. The number of hydrogen-bond donors (Lipinski definition) is 2. The molecule has 0 bridgehead atoms. The molecule has 0 aliphatic rings. The van der Waals surface area contributed by atoms with Crippen molar-refractivity contribution in [3.63, 3.8) is 0 Å². The number of para-hydroxylation sites is 1. The Bertz CT molecular complexity index is 565. The molecule has 3 N–H and O–H groups in total. The molecule has 0 saturated carbocycles. The third kappa shape index (κ3) is 7.59. The van der Waals surface area contributed by atoms with Crippen LogP contribution in [0.1, 0.15) is 31.4 Å². The standard InChI is InChI=1S/C18H29N3O4.ClH/c1-5-15(20-17(22)10-13(11-19)24-4)14-8-6-7-9-16(14)25-12-18(23)21(2)3;/h6-9,13,15H,5,10-12,19H2,1-4H3,(H,20,22);1H. The lowest BCUT2D eigenvalue weighted by atomic mass is 10.0. The zero-order valence-electron chi connectivity index (χ0n) is 15.9. The summed E-state index contributed by atoms with van der Waals surface area (Å²) in [5.74, 6) is 0.327. The van der Waals surface area contributed by atoms with Gasteiger partial charge in [-0.25, -0.2) is 0 Å². The molecule has 7 nitrogen and oxygen atoms in total. The van der Waals surface area contributed by atoms with Crippen molar-refractivity contribution in [3.8, 4) is 5.75 Å². The third-order valence-corrected chi connectivity index (χ3v) is 3.90. The number of carbonyl (C=O) groups excluding carboxylic acids is 2. The zero-order valence-corrected chi connectivity index (χ0v) is 16.7. The SMILES string of the molecule is CCC(NC(=O)CC(CN)OC)c1ccccc1OCC(=O)N(C)C.Cl. The molecule has 1 aromatic carbocycles. The Labute approximate surface area is 161 Å². The minimum Gasteiger partial charge on any atom is -0.483 e. The summed E-state index contributed by atoms with van der Waals surface area (Å²) < 4.78 is 10.8. The number of nitrogens with zero attached hydrogens (tertiary/aromatic N) is 1. The molecule has 1 aromatic rings. The number of likely N-dealkylation sites (N-methyl/N-ethyl adjacent to an activating group) is 1. The van der Waals surface area contributed by atoms with Crippen LogP contribution in [0.15, 0.2) is 24.3 Å². The number of rotatable bonds is 10. The Hall–Kier alpha value is -1.83. The van der Waals surface area contributed by atoms with E-state index in [1.54, 1.807) is 20.2 Å². The van der Waals surface area contributed by atoms with Gasteiger partial charge < -0.3 is 25.4 Å². The van der Waals surface area contributed by atoms with Crippen LogP contribution in [0, 0.1) is 0 Å². The molecule has 26 heavy (non-hydrogen) atoms. The summed E-state index contributed by atoms with van der Waals surface area (Å²) in [6.07, 6.45) is 0.585. The van der Waals surface area contributed by atoms with Crippen LogP contribution in [0.2, 0.25) is 0 Å². The van der Waals surface area contributed by atoms with E-state index in [0.717, 1.165) is 5.56 Å². The summed E-state index contributed by atoms with van der Waals surface area (Å²) in [4.78, 5) is 25.4. The average Bonchev–Trinajstić information content (AvgIpc) is 2.62. The Morgan fingerprint density at radius 2 is 1.92 bits per heavy atom. The molecule has 0 radical (unpaired) electrons. The van der Waals surface area contributed by atoms with Gasteiger partial charge in [0.15, 0.2) is 6.61 Å². The molecule has 0 aromatic heterocycles. The maximum Gasteiger partial charge on any atom is 0.259 e. The Balaban J connectivity index is 0.00000625. The van der Waals surface area contributed by atoms with Gasteiger partial charge in [0.1, 0.15) is 5.75 Å². The van der Waals surface area contributed by atoms with Crippen molar-refractivity contribution in [3.05, 3.63) is 29.8 Å². The van der Waals surface area contributed by atoms with E-state index in [1.807, 2.05) is 25.1 Å². The van der Waals surface area contributed by atoms with Crippen molar-refractivity contribution in [1.29, 1.82) is 0 Å². The quantitative estimate of drug-likeness (QED) is 0.634. The molecule has 0 spiro atoms. The van der Waals surface area contributed by atoms with Gasteiger partial charge in [-0.05, 0) is 12.5 Å². The predicted octanol–water partition coefficient (Wildman–Crippen LogP) is 1.51. The number of nitrogens with one attached hydrogen (secondary N) is 1. The van der Waals surface area contributed by atoms with Gasteiger partial charge in [-0.15, -0.1) is 12.4 Å². The second-order valence-electron chi connectivity index (χ2n) is 5.94. The Morgan fingerprint density at radius 3 is 2.46 bits per heavy atom. The predicted molar refractivity (Wildman–Crippen MR) is 104 cm³/mol. The highest BCUT2D eigenvalue weighted by atomic mass is 35.5. The van der Waals surface area contributed by atoms with E-state index >= 15 is 0 Å². The lowest BCUT2D eigenvalue weighted by molar-refractivity contribution is -0.131. The molecule has 2 unspecified atom stereocenters. The molecule has 2 atom stereocenters. The van der Waals surface area contributed by atoms with Crippen LogP contribution in [-0.4, -0.2) is 57.2 Å². The molecule has 0 aliphatic carbocycles. The van der Waals surface area contributed by atoms with Crippen LogP contribution in [0.4, 0.5) is 0 Å². The Morgan fingerprint density at radius 1 is 1.27 bits per heavy atom. The number of carbonyl (C=O) groups is 2. The van der Waals surface area contributed by atoms with Gasteiger partial charge in [0, 0.05) is 33.3 Å². The van der Waals surface area contributed by atoms with Gasteiger partial charge in [0.2, 0.25) is 5.91 Å². The minimum atomic E-state index is -0.304. The highest BCUT2D eigenvalue weighted by Crippen LogP contribution is 2.27. The largest absolute Gasteiger partial charge is 0.483 e. The number of halogens is 1. The van der Waals surface area contributed by atoms with Crippen LogP contribution in [-0.2, 0) is 14.3 Å².